The number of aromatic nitrogens is 3. The molecule has 0 unspecified atom stereocenters. The van der Waals surface area contributed by atoms with Gasteiger partial charge in [-0.25, -0.2) is 4.52 Å². The van der Waals surface area contributed by atoms with E-state index in [1.165, 1.54) is 12.8 Å². The van der Waals surface area contributed by atoms with Crippen LogP contribution >= 0.6 is 0 Å². The van der Waals surface area contributed by atoms with Crippen LogP contribution in [0.25, 0.3) is 5.65 Å². The lowest BCUT2D eigenvalue weighted by Crippen LogP contribution is -2.37. The third kappa shape index (κ3) is 3.18. The van der Waals surface area contributed by atoms with Gasteiger partial charge in [-0.2, -0.15) is 4.98 Å². The molecule has 114 valence electrons. The number of anilines is 1. The summed E-state index contributed by atoms with van der Waals surface area (Å²) in [6.07, 6.45) is 3.64. The normalized spacial score (nSPS) is 16.5. The first-order valence-electron chi connectivity index (χ1n) is 8.06. The highest BCUT2D eigenvalue weighted by Gasteiger charge is 2.19. The van der Waals surface area contributed by atoms with E-state index < -0.39 is 0 Å². The van der Waals surface area contributed by atoms with Crippen LogP contribution in [-0.2, 0) is 0 Å². The topological polar surface area (TPSA) is 45.5 Å². The fourth-order valence-electron chi connectivity index (χ4n) is 3.08. The predicted octanol–water partition coefficient (Wildman–Crippen LogP) is 2.25. The van der Waals surface area contributed by atoms with Crippen LogP contribution in [0, 0.1) is 12.8 Å². The van der Waals surface area contributed by atoms with E-state index in [0.29, 0.717) is 0 Å². The van der Waals surface area contributed by atoms with Crippen molar-refractivity contribution in [3.8, 4) is 0 Å². The Labute approximate surface area is 126 Å². The van der Waals surface area contributed by atoms with Crippen molar-refractivity contribution in [1.29, 1.82) is 0 Å². The SMILES string of the molecule is CCCN(CC1CCNCC1)c1nc2cccc(C)n2n1. The number of piperidine rings is 1. The third-order valence-electron chi connectivity index (χ3n) is 4.25. The molecule has 0 aliphatic carbocycles. The molecule has 5 nitrogen and oxygen atoms in total. The van der Waals surface area contributed by atoms with E-state index in [4.69, 9.17) is 10.1 Å². The average Bonchev–Trinajstić information content (AvgIpc) is 2.93. The van der Waals surface area contributed by atoms with Crippen LogP contribution in [0.4, 0.5) is 5.95 Å². The summed E-state index contributed by atoms with van der Waals surface area (Å²) in [5.74, 6) is 1.63. The summed E-state index contributed by atoms with van der Waals surface area (Å²) in [5.41, 5.74) is 2.07. The highest BCUT2D eigenvalue weighted by atomic mass is 15.4. The van der Waals surface area contributed by atoms with Crippen molar-refractivity contribution in [1.82, 2.24) is 19.9 Å². The molecule has 21 heavy (non-hydrogen) atoms. The van der Waals surface area contributed by atoms with Gasteiger partial charge in [0.25, 0.3) is 0 Å². The van der Waals surface area contributed by atoms with Gasteiger partial charge in [0.05, 0.1) is 0 Å². The number of hydrogen-bond donors (Lipinski definition) is 1. The summed E-state index contributed by atoms with van der Waals surface area (Å²) in [5, 5.41) is 8.15. The minimum Gasteiger partial charge on any atom is -0.339 e. The first-order chi connectivity index (χ1) is 10.3. The van der Waals surface area contributed by atoms with Crippen LogP contribution in [0.15, 0.2) is 18.2 Å². The molecule has 0 amide bonds. The summed E-state index contributed by atoms with van der Waals surface area (Å²) in [4.78, 5) is 7.08. The molecule has 0 spiro atoms. The molecule has 1 aliphatic rings. The first kappa shape index (κ1) is 14.3. The number of aryl methyl sites for hydroxylation is 1. The van der Waals surface area contributed by atoms with Gasteiger partial charge in [0.15, 0.2) is 5.65 Å². The van der Waals surface area contributed by atoms with Gasteiger partial charge in [-0.3, -0.25) is 0 Å². The fourth-order valence-corrected chi connectivity index (χ4v) is 3.08. The van der Waals surface area contributed by atoms with Gasteiger partial charge in [-0.05, 0) is 57.3 Å². The van der Waals surface area contributed by atoms with Crippen molar-refractivity contribution in [2.75, 3.05) is 31.1 Å². The van der Waals surface area contributed by atoms with E-state index in [0.717, 1.165) is 55.8 Å². The molecule has 1 saturated heterocycles. The van der Waals surface area contributed by atoms with Gasteiger partial charge in [-0.15, -0.1) is 5.10 Å². The molecule has 3 rings (SSSR count). The molecule has 0 saturated carbocycles. The number of pyridine rings is 1. The summed E-state index contributed by atoms with van der Waals surface area (Å²) in [7, 11) is 0. The Balaban J connectivity index is 1.82. The van der Waals surface area contributed by atoms with Crippen LogP contribution in [0.1, 0.15) is 31.9 Å². The largest absolute Gasteiger partial charge is 0.339 e. The molecule has 0 atom stereocenters. The lowest BCUT2D eigenvalue weighted by molar-refractivity contribution is 0.372. The first-order valence-corrected chi connectivity index (χ1v) is 8.06. The van der Waals surface area contributed by atoms with Gasteiger partial charge in [0, 0.05) is 18.8 Å². The number of fused-ring (bicyclic) bond motifs is 1. The van der Waals surface area contributed by atoms with E-state index in [1.54, 1.807) is 0 Å². The molecule has 2 aromatic rings. The zero-order chi connectivity index (χ0) is 14.7. The smallest absolute Gasteiger partial charge is 0.245 e. The van der Waals surface area contributed by atoms with Crippen molar-refractivity contribution in [2.45, 2.75) is 33.1 Å². The lowest BCUT2D eigenvalue weighted by atomic mass is 9.97. The highest BCUT2D eigenvalue weighted by Crippen LogP contribution is 2.18. The number of hydrogen-bond acceptors (Lipinski definition) is 4. The highest BCUT2D eigenvalue weighted by molar-refractivity contribution is 5.45. The Bertz CT molecular complexity index is 585. The maximum atomic E-state index is 4.72. The van der Waals surface area contributed by atoms with E-state index in [2.05, 4.69) is 30.1 Å². The molecule has 0 aromatic carbocycles. The molecular weight excluding hydrogens is 262 g/mol. The summed E-state index contributed by atoms with van der Waals surface area (Å²) >= 11 is 0. The van der Waals surface area contributed by atoms with Crippen LogP contribution in [0.2, 0.25) is 0 Å². The third-order valence-corrected chi connectivity index (χ3v) is 4.25. The van der Waals surface area contributed by atoms with E-state index in [-0.39, 0.29) is 0 Å². The molecule has 0 radical (unpaired) electrons. The van der Waals surface area contributed by atoms with Crippen LogP contribution < -0.4 is 10.2 Å². The van der Waals surface area contributed by atoms with E-state index >= 15 is 0 Å². The van der Waals surface area contributed by atoms with Crippen LogP contribution in [0.3, 0.4) is 0 Å². The quantitative estimate of drug-likeness (QED) is 0.916. The molecule has 0 bridgehead atoms. The molecule has 5 heteroatoms. The minimum atomic E-state index is 0.755. The molecule has 2 aromatic heterocycles. The zero-order valence-electron chi connectivity index (χ0n) is 13.0. The van der Waals surface area contributed by atoms with Crippen molar-refractivity contribution < 1.29 is 0 Å². The summed E-state index contributed by atoms with van der Waals surface area (Å²) < 4.78 is 1.94. The minimum absolute atomic E-state index is 0.755. The second kappa shape index (κ2) is 6.43. The molecular formula is C16H25N5. The monoisotopic (exact) mass is 287 g/mol. The van der Waals surface area contributed by atoms with Crippen molar-refractivity contribution in [3.05, 3.63) is 23.9 Å². The number of nitrogens with one attached hydrogen (secondary N) is 1. The van der Waals surface area contributed by atoms with Gasteiger partial charge in [-0.1, -0.05) is 13.0 Å². The van der Waals surface area contributed by atoms with Crippen molar-refractivity contribution >= 4 is 11.6 Å². The van der Waals surface area contributed by atoms with Gasteiger partial charge >= 0.3 is 0 Å². The maximum absolute atomic E-state index is 4.72. The van der Waals surface area contributed by atoms with Crippen molar-refractivity contribution in [2.24, 2.45) is 5.92 Å². The summed E-state index contributed by atoms with van der Waals surface area (Å²) in [6.45, 7) is 8.68. The fraction of sp³-hybridized carbons (Fsp3) is 0.625. The summed E-state index contributed by atoms with van der Waals surface area (Å²) in [6, 6.07) is 6.14. The van der Waals surface area contributed by atoms with Crippen LogP contribution in [-0.4, -0.2) is 40.8 Å². The van der Waals surface area contributed by atoms with Gasteiger partial charge in [0.1, 0.15) is 0 Å². The molecule has 1 fully saturated rings. The Morgan fingerprint density at radius 3 is 2.86 bits per heavy atom. The molecule has 3 heterocycles. The number of rotatable bonds is 5. The lowest BCUT2D eigenvalue weighted by Gasteiger charge is -2.29. The maximum Gasteiger partial charge on any atom is 0.245 e. The second-order valence-electron chi connectivity index (χ2n) is 5.99. The van der Waals surface area contributed by atoms with Gasteiger partial charge in [0.2, 0.25) is 5.95 Å². The second-order valence-corrected chi connectivity index (χ2v) is 5.99. The van der Waals surface area contributed by atoms with E-state index in [9.17, 15) is 0 Å². The average molecular weight is 287 g/mol. The standard InChI is InChI=1S/C16H25N5/c1-3-11-20(12-14-7-9-17-10-8-14)16-18-15-6-4-5-13(2)21(15)19-16/h4-6,14,17H,3,7-12H2,1-2H3. The Hall–Kier alpha value is -1.62. The van der Waals surface area contributed by atoms with E-state index in [1.807, 2.05) is 16.6 Å². The Morgan fingerprint density at radius 2 is 2.14 bits per heavy atom. The van der Waals surface area contributed by atoms with Gasteiger partial charge < -0.3 is 10.2 Å². The molecule has 1 N–H and O–H groups in total. The Morgan fingerprint density at radius 1 is 1.33 bits per heavy atom. The zero-order valence-corrected chi connectivity index (χ0v) is 13.0. The van der Waals surface area contributed by atoms with Crippen molar-refractivity contribution in [3.63, 3.8) is 0 Å². The van der Waals surface area contributed by atoms with Crippen LogP contribution in [0.5, 0.6) is 0 Å². The molecule has 1 aliphatic heterocycles. The number of nitrogens with zero attached hydrogens (tertiary/aromatic N) is 4. The predicted molar refractivity (Wildman–Crippen MR) is 85.8 cm³/mol. The Kier molecular flexibility index (Phi) is 4.39.